The third kappa shape index (κ3) is 1.67. The van der Waals surface area contributed by atoms with Crippen molar-refractivity contribution in [3.05, 3.63) is 23.8 Å². The van der Waals surface area contributed by atoms with Gasteiger partial charge in [0.15, 0.2) is 0 Å². The van der Waals surface area contributed by atoms with Crippen LogP contribution >= 0.6 is 0 Å². The van der Waals surface area contributed by atoms with E-state index >= 15 is 0 Å². The molecule has 0 unspecified atom stereocenters. The second kappa shape index (κ2) is 2.91. The fraction of sp³-hybridized carbons (Fsp3) is 0.429. The average molecular weight is 181 g/mol. The Morgan fingerprint density at radius 2 is 2.00 bits per heavy atom. The van der Waals surface area contributed by atoms with E-state index in [1.54, 1.807) is 0 Å². The van der Waals surface area contributed by atoms with E-state index in [-0.39, 0.29) is 0 Å². The molecule has 0 spiro atoms. The molecule has 68 valence electrons. The van der Waals surface area contributed by atoms with Crippen LogP contribution in [0.1, 0.15) is 1.37 Å². The van der Waals surface area contributed by atoms with Gasteiger partial charge in [-0.1, -0.05) is 18.2 Å². The van der Waals surface area contributed by atoms with E-state index in [0.717, 1.165) is 12.2 Å². The number of aliphatic hydroxyl groups excluding tert-OH is 1. The molecule has 5 heteroatoms. The van der Waals surface area contributed by atoms with Crippen molar-refractivity contribution in [2.24, 2.45) is 0 Å². The van der Waals surface area contributed by atoms with Gasteiger partial charge in [0.25, 0.3) is 0 Å². The van der Waals surface area contributed by atoms with Crippen LogP contribution in [0.4, 0.5) is 13.2 Å². The smallest absolute Gasteiger partial charge is 0.386 e. The first kappa shape index (κ1) is 7.82. The van der Waals surface area contributed by atoms with Crippen molar-refractivity contribution in [2.75, 3.05) is 0 Å². The third-order valence-electron chi connectivity index (χ3n) is 1.42. The fourth-order valence-electron chi connectivity index (χ4n) is 0.833. The van der Waals surface area contributed by atoms with Crippen LogP contribution in [-0.4, -0.2) is 28.6 Å². The maximum Gasteiger partial charge on any atom is 0.415 e. The molecule has 1 rings (SSSR count). The van der Waals surface area contributed by atoms with Crippen LogP contribution in [0.2, 0.25) is 0 Å². The zero-order valence-corrected chi connectivity index (χ0v) is 5.84. The van der Waals surface area contributed by atoms with Gasteiger partial charge in [-0.3, -0.25) is 0 Å². The maximum absolute atomic E-state index is 12.1. The van der Waals surface area contributed by atoms with Crippen molar-refractivity contribution >= 4 is 0 Å². The topological polar surface area (TPSA) is 40.5 Å². The predicted octanol–water partition coefficient (Wildman–Crippen LogP) is 0.767. The predicted molar refractivity (Wildman–Crippen MR) is 35.3 cm³/mol. The van der Waals surface area contributed by atoms with Gasteiger partial charge in [0.2, 0.25) is 0 Å². The number of aliphatic hydroxyl groups is 2. The molecule has 12 heavy (non-hydrogen) atoms. The molecule has 0 saturated heterocycles. The number of hydrogen-bond acceptors (Lipinski definition) is 2. The van der Waals surface area contributed by atoms with Crippen LogP contribution < -0.4 is 0 Å². The Morgan fingerprint density at radius 1 is 1.42 bits per heavy atom. The highest BCUT2D eigenvalue weighted by molar-refractivity contribution is 5.28. The molecule has 0 fully saturated rings. The Morgan fingerprint density at radius 3 is 2.42 bits per heavy atom. The molecule has 0 radical (unpaired) electrons. The van der Waals surface area contributed by atoms with Gasteiger partial charge < -0.3 is 10.2 Å². The number of halogens is 3. The summed E-state index contributed by atoms with van der Waals surface area (Å²) in [6.45, 7) is 0. The normalized spacial score (nSPS) is 37.6. The third-order valence-corrected chi connectivity index (χ3v) is 1.42. The summed E-state index contributed by atoms with van der Waals surface area (Å²) in [5.41, 5.74) is -1.46. The zero-order valence-electron chi connectivity index (χ0n) is 6.84. The summed E-state index contributed by atoms with van der Waals surface area (Å²) in [7, 11) is 0. The average Bonchev–Trinajstić information content (AvgIpc) is 1.92. The lowest BCUT2D eigenvalue weighted by molar-refractivity contribution is -0.112. The van der Waals surface area contributed by atoms with E-state index in [2.05, 4.69) is 0 Å². The summed E-state index contributed by atoms with van der Waals surface area (Å²) in [4.78, 5) is 0. The molecule has 0 aromatic carbocycles. The van der Waals surface area contributed by atoms with Gasteiger partial charge in [-0.15, -0.1) is 0 Å². The summed E-state index contributed by atoms with van der Waals surface area (Å²) in [5, 5.41) is 17.9. The molecule has 2 N–H and O–H groups in total. The SMILES string of the molecule is [2H][C@@]1(O)C(C(F)(F)F)=CC=C[C@@H]1O. The summed E-state index contributed by atoms with van der Waals surface area (Å²) in [6.07, 6.45) is -7.22. The van der Waals surface area contributed by atoms with Crippen molar-refractivity contribution in [1.82, 2.24) is 0 Å². The maximum atomic E-state index is 12.1. The monoisotopic (exact) mass is 181 g/mol. The van der Waals surface area contributed by atoms with Gasteiger partial charge in [0.05, 0.1) is 6.94 Å². The molecule has 0 heterocycles. The lowest BCUT2D eigenvalue weighted by Crippen LogP contribution is -2.34. The summed E-state index contributed by atoms with van der Waals surface area (Å²) in [5.74, 6) is 0. The molecule has 0 bridgehead atoms. The van der Waals surface area contributed by atoms with Gasteiger partial charge >= 0.3 is 6.18 Å². The van der Waals surface area contributed by atoms with Crippen molar-refractivity contribution in [3.8, 4) is 0 Å². The minimum Gasteiger partial charge on any atom is -0.386 e. The van der Waals surface area contributed by atoms with Crippen LogP contribution in [0.25, 0.3) is 0 Å². The first-order valence-electron chi connectivity index (χ1n) is 3.63. The van der Waals surface area contributed by atoms with Crippen LogP contribution in [0.3, 0.4) is 0 Å². The molecule has 0 amide bonds. The molecule has 2 atom stereocenters. The molecule has 0 aliphatic heterocycles. The lowest BCUT2D eigenvalue weighted by Gasteiger charge is -2.22. The van der Waals surface area contributed by atoms with Crippen molar-refractivity contribution < 1.29 is 24.8 Å². The molecule has 0 saturated carbocycles. The largest absolute Gasteiger partial charge is 0.415 e. The second-order valence-corrected chi connectivity index (χ2v) is 2.29. The van der Waals surface area contributed by atoms with Crippen LogP contribution in [0, 0.1) is 0 Å². The van der Waals surface area contributed by atoms with Crippen LogP contribution in [0.5, 0.6) is 0 Å². The zero-order chi connectivity index (χ0) is 10.3. The van der Waals surface area contributed by atoms with E-state index in [0.29, 0.717) is 6.08 Å². The molecule has 1 aliphatic rings. The number of alkyl halides is 3. The van der Waals surface area contributed by atoms with E-state index < -0.39 is 23.9 Å². The standard InChI is InChI=1S/C7H7F3O2/c8-7(9,10)4-2-1-3-5(11)6(4)12/h1-3,5-6,11-12H/t5-,6+/m0/s1/i6D. The van der Waals surface area contributed by atoms with Crippen LogP contribution in [0.15, 0.2) is 23.8 Å². The first-order valence-corrected chi connectivity index (χ1v) is 3.13. The first-order chi connectivity index (χ1) is 5.76. The van der Waals surface area contributed by atoms with E-state index in [4.69, 9.17) is 11.6 Å². The highest BCUT2D eigenvalue weighted by Crippen LogP contribution is 2.31. The van der Waals surface area contributed by atoms with Crippen LogP contribution in [-0.2, 0) is 0 Å². The van der Waals surface area contributed by atoms with Gasteiger partial charge in [0.1, 0.15) is 12.2 Å². The van der Waals surface area contributed by atoms with Gasteiger partial charge in [-0.05, 0) is 0 Å². The van der Waals surface area contributed by atoms with Gasteiger partial charge in [0, 0.05) is 0 Å². The van der Waals surface area contributed by atoms with Crippen molar-refractivity contribution in [2.45, 2.75) is 18.4 Å². The van der Waals surface area contributed by atoms with Gasteiger partial charge in [-0.2, -0.15) is 13.2 Å². The molecular formula is C7H7F3O2. The summed E-state index contributed by atoms with van der Waals surface area (Å²) >= 11 is 0. The highest BCUT2D eigenvalue weighted by atomic mass is 19.4. The molecule has 0 aromatic heterocycles. The minimum absolute atomic E-state index is 0.569. The number of hydrogen-bond donors (Lipinski definition) is 2. The van der Waals surface area contributed by atoms with E-state index in [9.17, 15) is 13.2 Å². The van der Waals surface area contributed by atoms with Crippen molar-refractivity contribution in [1.29, 1.82) is 0 Å². The highest BCUT2D eigenvalue weighted by Gasteiger charge is 2.40. The van der Waals surface area contributed by atoms with E-state index in [1.807, 2.05) is 0 Å². The quantitative estimate of drug-likeness (QED) is 0.579. The summed E-state index contributed by atoms with van der Waals surface area (Å²) < 4.78 is 43.3. The Kier molecular flexibility index (Phi) is 1.90. The lowest BCUT2D eigenvalue weighted by atomic mass is 9.99. The van der Waals surface area contributed by atoms with Crippen molar-refractivity contribution in [3.63, 3.8) is 0 Å². The Bertz CT molecular complexity index is 267. The molecular weight excluding hydrogens is 173 g/mol. The Hall–Kier alpha value is -0.810. The minimum atomic E-state index is -4.80. The molecule has 0 aromatic rings. The van der Waals surface area contributed by atoms with Gasteiger partial charge in [-0.25, -0.2) is 0 Å². The second-order valence-electron chi connectivity index (χ2n) is 2.29. The number of rotatable bonds is 0. The van der Waals surface area contributed by atoms with E-state index in [1.165, 1.54) is 0 Å². The summed E-state index contributed by atoms with van der Waals surface area (Å²) in [6, 6.07) is 0. The fourth-order valence-corrected chi connectivity index (χ4v) is 0.833. The Balaban J connectivity index is 3.09. The Labute approximate surface area is 68.0 Å². The molecule has 1 aliphatic carbocycles. The number of allylic oxidation sites excluding steroid dienone is 2. The molecule has 2 nitrogen and oxygen atoms in total.